The quantitative estimate of drug-likeness (QED) is 0.695. The Balaban J connectivity index is 1.44. The molecule has 1 aliphatic carbocycles. The smallest absolute Gasteiger partial charge is 0.357 e. The zero-order valence-corrected chi connectivity index (χ0v) is 16.9. The standard InChI is InChI=1S/C21H24N2O5S/c24-20(23(16-6-2-3-7-16)17-11-12-29(26,27)14-17)13-28-21(25)19-10-9-15-5-1-4-8-18(15)22-19/h1,4-5,8-10,16-17H,2-3,6-7,11-14H2/t17-/m0/s1. The number of para-hydroxylation sites is 1. The van der Waals surface area contributed by atoms with Gasteiger partial charge in [0.05, 0.1) is 17.0 Å². The fourth-order valence-electron chi connectivity index (χ4n) is 4.34. The van der Waals surface area contributed by atoms with E-state index in [-0.39, 0.29) is 35.2 Å². The summed E-state index contributed by atoms with van der Waals surface area (Å²) in [5.74, 6) is -0.882. The summed E-state index contributed by atoms with van der Waals surface area (Å²) in [5.41, 5.74) is 0.824. The average molecular weight is 416 g/mol. The number of hydrogen-bond acceptors (Lipinski definition) is 6. The number of hydrogen-bond donors (Lipinski definition) is 0. The van der Waals surface area contributed by atoms with E-state index in [0.717, 1.165) is 31.1 Å². The average Bonchev–Trinajstić information content (AvgIpc) is 3.36. The zero-order valence-electron chi connectivity index (χ0n) is 16.1. The van der Waals surface area contributed by atoms with E-state index >= 15 is 0 Å². The van der Waals surface area contributed by atoms with E-state index in [1.807, 2.05) is 18.2 Å². The second-order valence-corrected chi connectivity index (χ2v) is 9.99. The van der Waals surface area contributed by atoms with E-state index in [1.54, 1.807) is 23.1 Å². The molecule has 1 amide bonds. The number of carbonyl (C=O) groups is 2. The second kappa shape index (κ2) is 8.10. The number of esters is 1. The second-order valence-electron chi connectivity index (χ2n) is 7.76. The third-order valence-corrected chi connectivity index (χ3v) is 7.49. The summed E-state index contributed by atoms with van der Waals surface area (Å²) in [7, 11) is -3.11. The third-order valence-electron chi connectivity index (χ3n) is 5.74. The molecule has 4 rings (SSSR count). The fraction of sp³-hybridized carbons (Fsp3) is 0.476. The number of amides is 1. The number of benzene rings is 1. The molecule has 0 radical (unpaired) electrons. The first-order chi connectivity index (χ1) is 13.9. The molecule has 1 saturated heterocycles. The summed E-state index contributed by atoms with van der Waals surface area (Å²) >= 11 is 0. The molecule has 29 heavy (non-hydrogen) atoms. The Morgan fingerprint density at radius 2 is 1.79 bits per heavy atom. The molecule has 1 aliphatic heterocycles. The minimum atomic E-state index is -3.11. The first-order valence-electron chi connectivity index (χ1n) is 9.97. The van der Waals surface area contributed by atoms with Gasteiger partial charge in [-0.1, -0.05) is 37.1 Å². The van der Waals surface area contributed by atoms with Gasteiger partial charge in [-0.2, -0.15) is 0 Å². The molecular weight excluding hydrogens is 392 g/mol. The van der Waals surface area contributed by atoms with Crippen LogP contribution in [0.25, 0.3) is 10.9 Å². The maximum atomic E-state index is 12.9. The van der Waals surface area contributed by atoms with Gasteiger partial charge in [0.15, 0.2) is 16.4 Å². The van der Waals surface area contributed by atoms with Crippen molar-refractivity contribution in [3.8, 4) is 0 Å². The molecule has 1 aromatic heterocycles. The Labute approximate surface area is 170 Å². The Kier molecular flexibility index (Phi) is 5.54. The molecular formula is C21H24N2O5S. The van der Waals surface area contributed by atoms with Gasteiger partial charge in [-0.25, -0.2) is 18.2 Å². The topological polar surface area (TPSA) is 93.6 Å². The van der Waals surface area contributed by atoms with E-state index < -0.39 is 22.4 Å². The van der Waals surface area contributed by atoms with Gasteiger partial charge in [0.2, 0.25) is 0 Å². The largest absolute Gasteiger partial charge is 0.451 e. The molecule has 0 unspecified atom stereocenters. The highest BCUT2D eigenvalue weighted by Gasteiger charge is 2.39. The lowest BCUT2D eigenvalue weighted by Crippen LogP contribution is -2.48. The van der Waals surface area contributed by atoms with Crippen molar-refractivity contribution < 1.29 is 22.7 Å². The first-order valence-corrected chi connectivity index (χ1v) is 11.8. The van der Waals surface area contributed by atoms with Crippen molar-refractivity contribution in [2.24, 2.45) is 0 Å². The highest BCUT2D eigenvalue weighted by Crippen LogP contribution is 2.29. The number of carbonyl (C=O) groups excluding carboxylic acids is 2. The van der Waals surface area contributed by atoms with Crippen LogP contribution in [0, 0.1) is 0 Å². The Morgan fingerprint density at radius 1 is 1.03 bits per heavy atom. The van der Waals surface area contributed by atoms with Gasteiger partial charge in [-0.15, -0.1) is 0 Å². The van der Waals surface area contributed by atoms with Gasteiger partial charge in [0.25, 0.3) is 5.91 Å². The summed E-state index contributed by atoms with van der Waals surface area (Å²) < 4.78 is 29.1. The number of nitrogens with zero attached hydrogens (tertiary/aromatic N) is 2. The lowest BCUT2D eigenvalue weighted by atomic mass is 10.1. The molecule has 154 valence electrons. The van der Waals surface area contributed by atoms with Crippen molar-refractivity contribution in [1.29, 1.82) is 0 Å². The Bertz CT molecular complexity index is 1030. The lowest BCUT2D eigenvalue weighted by Gasteiger charge is -2.33. The third kappa shape index (κ3) is 4.42. The van der Waals surface area contributed by atoms with Crippen LogP contribution < -0.4 is 0 Å². The monoisotopic (exact) mass is 416 g/mol. The van der Waals surface area contributed by atoms with Crippen LogP contribution >= 0.6 is 0 Å². The molecule has 0 bridgehead atoms. The molecule has 2 heterocycles. The van der Waals surface area contributed by atoms with Gasteiger partial charge in [0, 0.05) is 17.5 Å². The van der Waals surface area contributed by atoms with Gasteiger partial charge in [-0.05, 0) is 31.4 Å². The van der Waals surface area contributed by atoms with Crippen LogP contribution in [0.15, 0.2) is 36.4 Å². The molecule has 1 saturated carbocycles. The van der Waals surface area contributed by atoms with Crippen LogP contribution in [0.2, 0.25) is 0 Å². The molecule has 0 N–H and O–H groups in total. The van der Waals surface area contributed by atoms with Crippen molar-refractivity contribution in [2.75, 3.05) is 18.1 Å². The molecule has 7 nitrogen and oxygen atoms in total. The van der Waals surface area contributed by atoms with Crippen LogP contribution in [-0.4, -0.2) is 60.4 Å². The zero-order chi connectivity index (χ0) is 20.4. The van der Waals surface area contributed by atoms with Gasteiger partial charge in [-0.3, -0.25) is 4.79 Å². The van der Waals surface area contributed by atoms with Gasteiger partial charge >= 0.3 is 5.97 Å². The van der Waals surface area contributed by atoms with Crippen LogP contribution in [0.1, 0.15) is 42.6 Å². The fourth-order valence-corrected chi connectivity index (χ4v) is 6.05. The molecule has 2 aromatic rings. The lowest BCUT2D eigenvalue weighted by molar-refractivity contribution is -0.139. The van der Waals surface area contributed by atoms with Crippen LogP contribution in [-0.2, 0) is 19.4 Å². The van der Waals surface area contributed by atoms with Gasteiger partial charge < -0.3 is 9.64 Å². The minimum Gasteiger partial charge on any atom is -0.451 e. The SMILES string of the molecule is O=C(OCC(=O)N(C1CCCC1)[C@H]1CCS(=O)(=O)C1)c1ccc2ccccc2n1. The maximum Gasteiger partial charge on any atom is 0.357 e. The Morgan fingerprint density at radius 3 is 2.52 bits per heavy atom. The van der Waals surface area contributed by atoms with E-state index in [2.05, 4.69) is 4.98 Å². The van der Waals surface area contributed by atoms with Crippen LogP contribution in [0.3, 0.4) is 0 Å². The van der Waals surface area contributed by atoms with Crippen LogP contribution in [0.5, 0.6) is 0 Å². The number of aromatic nitrogens is 1. The normalized spacial score (nSPS) is 21.3. The predicted molar refractivity (Wildman–Crippen MR) is 108 cm³/mol. The molecule has 2 aliphatic rings. The van der Waals surface area contributed by atoms with E-state index in [9.17, 15) is 18.0 Å². The first kappa shape index (κ1) is 19.8. The van der Waals surface area contributed by atoms with E-state index in [4.69, 9.17) is 4.74 Å². The number of sulfone groups is 1. The summed E-state index contributed by atoms with van der Waals surface area (Å²) in [6, 6.07) is 10.5. The minimum absolute atomic E-state index is 0.00455. The number of pyridine rings is 1. The van der Waals surface area contributed by atoms with Crippen molar-refractivity contribution in [3.63, 3.8) is 0 Å². The van der Waals surface area contributed by atoms with Gasteiger partial charge in [0.1, 0.15) is 5.69 Å². The van der Waals surface area contributed by atoms with Crippen molar-refractivity contribution in [2.45, 2.75) is 44.2 Å². The molecule has 1 aromatic carbocycles. The number of fused-ring (bicyclic) bond motifs is 1. The number of ether oxygens (including phenoxy) is 1. The van der Waals surface area contributed by atoms with E-state index in [1.165, 1.54) is 0 Å². The predicted octanol–water partition coefficient (Wildman–Crippen LogP) is 2.35. The van der Waals surface area contributed by atoms with E-state index in [0.29, 0.717) is 11.9 Å². The summed E-state index contributed by atoms with van der Waals surface area (Å²) in [6.07, 6.45) is 4.22. The van der Waals surface area contributed by atoms with Crippen molar-refractivity contribution in [3.05, 3.63) is 42.1 Å². The number of rotatable bonds is 5. The summed E-state index contributed by atoms with van der Waals surface area (Å²) in [6.45, 7) is -0.402. The molecule has 2 fully saturated rings. The maximum absolute atomic E-state index is 12.9. The van der Waals surface area contributed by atoms with Crippen molar-refractivity contribution >= 4 is 32.6 Å². The summed E-state index contributed by atoms with van der Waals surface area (Å²) in [4.78, 5) is 31.3. The van der Waals surface area contributed by atoms with Crippen LogP contribution in [0.4, 0.5) is 0 Å². The molecule has 0 spiro atoms. The Hall–Kier alpha value is -2.48. The highest BCUT2D eigenvalue weighted by molar-refractivity contribution is 7.91. The summed E-state index contributed by atoms with van der Waals surface area (Å²) in [5, 5.41) is 0.912. The molecule has 8 heteroatoms. The van der Waals surface area contributed by atoms with Crippen molar-refractivity contribution in [1.82, 2.24) is 9.88 Å². The molecule has 1 atom stereocenters. The highest BCUT2D eigenvalue weighted by atomic mass is 32.2.